The second-order valence-electron chi connectivity index (χ2n) is 3.99. The van der Waals surface area contributed by atoms with Crippen molar-refractivity contribution in [2.45, 2.75) is 19.9 Å². The zero-order valence-electron chi connectivity index (χ0n) is 10.6. The molecule has 2 aromatic heterocycles. The molecule has 0 saturated heterocycles. The smallest absolute Gasteiger partial charge is 0.321 e. The van der Waals surface area contributed by atoms with Crippen LogP contribution in [0.1, 0.15) is 18.9 Å². The summed E-state index contributed by atoms with van der Waals surface area (Å²) >= 11 is 5.82. The maximum atomic E-state index is 5.82. The molecular formula is C13H15ClN4O. The molecule has 0 radical (unpaired) electrons. The number of hydrogen-bond donors (Lipinski definition) is 1. The van der Waals surface area contributed by atoms with Gasteiger partial charge < -0.3 is 10.1 Å². The zero-order chi connectivity index (χ0) is 13.5. The van der Waals surface area contributed by atoms with Gasteiger partial charge in [0.05, 0.1) is 11.2 Å². The van der Waals surface area contributed by atoms with Gasteiger partial charge in [-0.25, -0.2) is 9.97 Å². The van der Waals surface area contributed by atoms with Crippen LogP contribution in [0.2, 0.25) is 5.02 Å². The molecule has 0 atom stereocenters. The maximum Gasteiger partial charge on any atom is 0.321 e. The molecule has 2 heterocycles. The van der Waals surface area contributed by atoms with Gasteiger partial charge in [0.25, 0.3) is 0 Å². The van der Waals surface area contributed by atoms with Crippen molar-refractivity contribution in [2.75, 3.05) is 6.54 Å². The van der Waals surface area contributed by atoms with Gasteiger partial charge in [-0.3, -0.25) is 4.98 Å². The minimum absolute atomic E-state index is 0.281. The third kappa shape index (κ3) is 4.46. The van der Waals surface area contributed by atoms with Crippen molar-refractivity contribution in [1.29, 1.82) is 0 Å². The van der Waals surface area contributed by atoms with E-state index in [-0.39, 0.29) is 6.01 Å². The lowest BCUT2D eigenvalue weighted by Gasteiger charge is -2.05. The summed E-state index contributed by atoms with van der Waals surface area (Å²) in [5.41, 5.74) is 1.02. The Morgan fingerprint density at radius 3 is 2.68 bits per heavy atom. The molecule has 5 nitrogen and oxygen atoms in total. The number of rotatable bonds is 6. The molecule has 0 unspecified atom stereocenters. The first-order chi connectivity index (χ1) is 9.28. The Bertz CT molecular complexity index is 518. The highest BCUT2D eigenvalue weighted by atomic mass is 35.5. The fourth-order valence-electron chi connectivity index (χ4n) is 1.45. The van der Waals surface area contributed by atoms with Gasteiger partial charge in [-0.05, 0) is 13.0 Å². The molecule has 0 spiro atoms. The molecule has 0 bridgehead atoms. The van der Waals surface area contributed by atoms with Crippen molar-refractivity contribution in [2.24, 2.45) is 0 Å². The molecule has 0 aromatic carbocycles. The van der Waals surface area contributed by atoms with E-state index in [1.807, 2.05) is 0 Å². The van der Waals surface area contributed by atoms with Crippen molar-refractivity contribution in [3.8, 4) is 11.8 Å². The van der Waals surface area contributed by atoms with Gasteiger partial charge in [-0.1, -0.05) is 18.5 Å². The van der Waals surface area contributed by atoms with Crippen LogP contribution < -0.4 is 10.1 Å². The largest absolute Gasteiger partial charge is 0.423 e. The van der Waals surface area contributed by atoms with Crippen LogP contribution in [-0.4, -0.2) is 21.5 Å². The SMILES string of the molecule is CCCNCc1cnc(Oc2cncc(Cl)c2)nc1. The van der Waals surface area contributed by atoms with Crippen LogP contribution in [0.15, 0.2) is 30.9 Å². The maximum absolute atomic E-state index is 5.82. The zero-order valence-corrected chi connectivity index (χ0v) is 11.4. The van der Waals surface area contributed by atoms with Crippen LogP contribution in [0.5, 0.6) is 11.8 Å². The normalized spacial score (nSPS) is 10.4. The summed E-state index contributed by atoms with van der Waals surface area (Å²) in [6.07, 6.45) is 7.68. The van der Waals surface area contributed by atoms with Gasteiger partial charge in [-0.15, -0.1) is 0 Å². The predicted molar refractivity (Wildman–Crippen MR) is 73.4 cm³/mol. The minimum Gasteiger partial charge on any atom is -0.423 e. The molecule has 6 heteroatoms. The first-order valence-corrected chi connectivity index (χ1v) is 6.46. The first-order valence-electron chi connectivity index (χ1n) is 6.08. The van der Waals surface area contributed by atoms with Crippen molar-refractivity contribution in [1.82, 2.24) is 20.3 Å². The molecule has 100 valence electrons. The lowest BCUT2D eigenvalue weighted by molar-refractivity contribution is 0.438. The number of nitrogens with one attached hydrogen (secondary N) is 1. The molecule has 2 rings (SSSR count). The number of ether oxygens (including phenoxy) is 1. The van der Waals surface area contributed by atoms with Crippen LogP contribution in [0.25, 0.3) is 0 Å². The Hall–Kier alpha value is -1.72. The Morgan fingerprint density at radius 1 is 1.21 bits per heavy atom. The molecule has 2 aromatic rings. The highest BCUT2D eigenvalue weighted by Gasteiger charge is 2.02. The van der Waals surface area contributed by atoms with E-state index in [9.17, 15) is 0 Å². The fraction of sp³-hybridized carbons (Fsp3) is 0.308. The number of hydrogen-bond acceptors (Lipinski definition) is 5. The average molecular weight is 279 g/mol. The second kappa shape index (κ2) is 7.01. The quantitative estimate of drug-likeness (QED) is 0.824. The van der Waals surface area contributed by atoms with Crippen molar-refractivity contribution >= 4 is 11.6 Å². The van der Waals surface area contributed by atoms with Gasteiger partial charge in [0, 0.05) is 36.8 Å². The first kappa shape index (κ1) is 13.7. The van der Waals surface area contributed by atoms with E-state index in [2.05, 4.69) is 27.2 Å². The van der Waals surface area contributed by atoms with Gasteiger partial charge >= 0.3 is 6.01 Å². The molecular weight excluding hydrogens is 264 g/mol. The van der Waals surface area contributed by atoms with E-state index in [1.165, 1.54) is 6.20 Å². The number of nitrogens with zero attached hydrogens (tertiary/aromatic N) is 3. The summed E-state index contributed by atoms with van der Waals surface area (Å²) in [4.78, 5) is 12.2. The summed E-state index contributed by atoms with van der Waals surface area (Å²) in [5, 5.41) is 3.79. The number of halogens is 1. The standard InChI is InChI=1S/C13H15ClN4O/c1-2-3-15-5-10-6-17-13(18-7-10)19-12-4-11(14)8-16-9-12/h4,6-9,15H,2-3,5H2,1H3. The van der Waals surface area contributed by atoms with Crippen molar-refractivity contribution < 1.29 is 4.74 Å². The summed E-state index contributed by atoms with van der Waals surface area (Å²) in [5.74, 6) is 0.518. The number of pyridine rings is 1. The predicted octanol–water partition coefficient (Wildman–Crippen LogP) is 2.82. The molecule has 0 aliphatic heterocycles. The van der Waals surface area contributed by atoms with E-state index >= 15 is 0 Å². The van der Waals surface area contributed by atoms with E-state index in [1.54, 1.807) is 24.7 Å². The molecule has 0 aliphatic carbocycles. The number of aromatic nitrogens is 3. The van der Waals surface area contributed by atoms with Gasteiger partial charge in [-0.2, -0.15) is 0 Å². The topological polar surface area (TPSA) is 59.9 Å². The third-order valence-electron chi connectivity index (χ3n) is 2.33. The van der Waals surface area contributed by atoms with Crippen LogP contribution >= 0.6 is 11.6 Å². The highest BCUT2D eigenvalue weighted by Crippen LogP contribution is 2.19. The van der Waals surface area contributed by atoms with Crippen molar-refractivity contribution in [3.05, 3.63) is 41.4 Å². The van der Waals surface area contributed by atoms with Crippen LogP contribution in [0, 0.1) is 0 Å². The van der Waals surface area contributed by atoms with Crippen molar-refractivity contribution in [3.63, 3.8) is 0 Å². The summed E-state index contributed by atoms with van der Waals surface area (Å²) in [6, 6.07) is 1.94. The van der Waals surface area contributed by atoms with Gasteiger partial charge in [0.1, 0.15) is 0 Å². The Balaban J connectivity index is 1.95. The van der Waals surface area contributed by atoms with E-state index in [0.29, 0.717) is 10.8 Å². The fourth-order valence-corrected chi connectivity index (χ4v) is 1.61. The highest BCUT2D eigenvalue weighted by molar-refractivity contribution is 6.30. The Labute approximate surface area is 117 Å². The Kier molecular flexibility index (Phi) is 5.06. The van der Waals surface area contributed by atoms with Crippen LogP contribution in [0.3, 0.4) is 0 Å². The molecule has 0 saturated carbocycles. The molecule has 0 fully saturated rings. The molecule has 0 aliphatic rings. The van der Waals surface area contributed by atoms with Crippen LogP contribution in [0.4, 0.5) is 0 Å². The molecule has 1 N–H and O–H groups in total. The van der Waals surface area contributed by atoms with Gasteiger partial charge in [0.2, 0.25) is 0 Å². The van der Waals surface area contributed by atoms with E-state index in [4.69, 9.17) is 16.3 Å². The lowest BCUT2D eigenvalue weighted by atomic mass is 10.3. The average Bonchev–Trinajstić information content (AvgIpc) is 2.41. The monoisotopic (exact) mass is 278 g/mol. The van der Waals surface area contributed by atoms with E-state index in [0.717, 1.165) is 25.1 Å². The summed E-state index contributed by atoms with van der Waals surface area (Å²) in [7, 11) is 0. The lowest BCUT2D eigenvalue weighted by Crippen LogP contribution is -2.14. The molecule has 19 heavy (non-hydrogen) atoms. The van der Waals surface area contributed by atoms with Gasteiger partial charge in [0.15, 0.2) is 5.75 Å². The molecule has 0 amide bonds. The Morgan fingerprint density at radius 2 is 2.00 bits per heavy atom. The third-order valence-corrected chi connectivity index (χ3v) is 2.53. The minimum atomic E-state index is 0.281. The summed E-state index contributed by atoms with van der Waals surface area (Å²) < 4.78 is 5.45. The van der Waals surface area contributed by atoms with Crippen LogP contribution in [-0.2, 0) is 6.54 Å². The van der Waals surface area contributed by atoms with E-state index < -0.39 is 0 Å². The summed E-state index contributed by atoms with van der Waals surface area (Å²) in [6.45, 7) is 3.86. The second-order valence-corrected chi connectivity index (χ2v) is 4.43.